The maximum Gasteiger partial charge on any atom is 0.0992 e. The zero-order valence-corrected chi connectivity index (χ0v) is 13.5. The van der Waals surface area contributed by atoms with Crippen LogP contribution in [0.4, 0.5) is 5.69 Å². The lowest BCUT2D eigenvalue weighted by molar-refractivity contribution is 0.191. The van der Waals surface area contributed by atoms with Crippen molar-refractivity contribution in [3.05, 3.63) is 28.8 Å². The van der Waals surface area contributed by atoms with E-state index in [0.29, 0.717) is 10.6 Å². The van der Waals surface area contributed by atoms with Crippen molar-refractivity contribution in [2.75, 3.05) is 25.5 Å². The van der Waals surface area contributed by atoms with Gasteiger partial charge in [-0.25, -0.2) is 0 Å². The van der Waals surface area contributed by atoms with Crippen molar-refractivity contribution in [3.63, 3.8) is 0 Å². The van der Waals surface area contributed by atoms with Gasteiger partial charge in [-0.15, -0.1) is 0 Å². The van der Waals surface area contributed by atoms with Crippen molar-refractivity contribution < 1.29 is 0 Å². The minimum absolute atomic E-state index is 0.600. The highest BCUT2D eigenvalue weighted by atomic mass is 35.5. The van der Waals surface area contributed by atoms with Gasteiger partial charge in [0.05, 0.1) is 22.3 Å². The number of nitrogens with one attached hydrogen (secondary N) is 1. The van der Waals surface area contributed by atoms with Crippen LogP contribution in [0.1, 0.15) is 44.1 Å². The number of halogens is 1. The Morgan fingerprint density at radius 3 is 2.76 bits per heavy atom. The van der Waals surface area contributed by atoms with Crippen molar-refractivity contribution in [3.8, 4) is 6.07 Å². The van der Waals surface area contributed by atoms with Crippen LogP contribution in [0.25, 0.3) is 0 Å². The van der Waals surface area contributed by atoms with Gasteiger partial charge in [0, 0.05) is 12.6 Å². The van der Waals surface area contributed by atoms with Crippen LogP contribution in [-0.4, -0.2) is 31.1 Å². The zero-order chi connectivity index (χ0) is 15.1. The Kier molecular flexibility index (Phi) is 6.35. The van der Waals surface area contributed by atoms with Crippen molar-refractivity contribution >= 4 is 17.3 Å². The number of nitriles is 1. The largest absolute Gasteiger partial charge is 0.384 e. The predicted octanol–water partition coefficient (Wildman–Crippen LogP) is 4.28. The van der Waals surface area contributed by atoms with Crippen molar-refractivity contribution in [1.82, 2.24) is 4.90 Å². The van der Waals surface area contributed by atoms with Gasteiger partial charge < -0.3 is 10.2 Å². The minimum atomic E-state index is 0.600. The molecule has 3 nitrogen and oxygen atoms in total. The summed E-state index contributed by atoms with van der Waals surface area (Å²) in [6.45, 7) is 2.02. The second-order valence-corrected chi connectivity index (χ2v) is 6.27. The standard InChI is InChI=1S/C17H24ClN3/c1-21(15-6-3-2-4-7-15)11-5-10-20-17-9-8-14(13-19)12-16(17)18/h8-9,12,15,20H,2-7,10-11H2,1H3. The molecule has 0 amide bonds. The molecule has 1 saturated carbocycles. The monoisotopic (exact) mass is 305 g/mol. The second-order valence-electron chi connectivity index (χ2n) is 5.86. The van der Waals surface area contributed by atoms with Crippen LogP contribution in [-0.2, 0) is 0 Å². The highest BCUT2D eigenvalue weighted by Crippen LogP contribution is 2.23. The van der Waals surface area contributed by atoms with Crippen LogP contribution in [0.5, 0.6) is 0 Å². The molecule has 1 aliphatic rings. The van der Waals surface area contributed by atoms with Gasteiger partial charge in [0.15, 0.2) is 0 Å². The van der Waals surface area contributed by atoms with Gasteiger partial charge in [0.2, 0.25) is 0 Å². The third-order valence-corrected chi connectivity index (χ3v) is 4.61. The van der Waals surface area contributed by atoms with E-state index in [1.807, 2.05) is 6.07 Å². The lowest BCUT2D eigenvalue weighted by Crippen LogP contribution is -2.34. The van der Waals surface area contributed by atoms with E-state index in [4.69, 9.17) is 16.9 Å². The fraction of sp³-hybridized carbons (Fsp3) is 0.588. The Morgan fingerprint density at radius 2 is 2.10 bits per heavy atom. The first-order chi connectivity index (χ1) is 10.2. The molecule has 2 rings (SSSR count). The molecular formula is C17H24ClN3. The first-order valence-corrected chi connectivity index (χ1v) is 8.22. The predicted molar refractivity (Wildman–Crippen MR) is 88.8 cm³/mol. The topological polar surface area (TPSA) is 39.1 Å². The summed E-state index contributed by atoms with van der Waals surface area (Å²) in [5.41, 5.74) is 1.51. The van der Waals surface area contributed by atoms with Crippen LogP contribution in [0.3, 0.4) is 0 Å². The van der Waals surface area contributed by atoms with Crippen LogP contribution < -0.4 is 5.32 Å². The number of hydrogen-bond donors (Lipinski definition) is 1. The van der Waals surface area contributed by atoms with Crippen molar-refractivity contribution in [1.29, 1.82) is 5.26 Å². The Labute approximate surface area is 132 Å². The molecule has 0 aromatic heterocycles. The summed E-state index contributed by atoms with van der Waals surface area (Å²) >= 11 is 6.15. The van der Waals surface area contributed by atoms with Crippen LogP contribution in [0, 0.1) is 11.3 Å². The molecule has 114 valence electrons. The molecular weight excluding hydrogens is 282 g/mol. The summed E-state index contributed by atoms with van der Waals surface area (Å²) in [7, 11) is 2.24. The average molecular weight is 306 g/mol. The van der Waals surface area contributed by atoms with Gasteiger partial charge in [-0.1, -0.05) is 30.9 Å². The first kappa shape index (κ1) is 16.1. The highest BCUT2D eigenvalue weighted by Gasteiger charge is 2.17. The molecule has 1 fully saturated rings. The molecule has 1 aromatic rings. The Balaban J connectivity index is 1.71. The molecule has 0 heterocycles. The number of nitrogens with zero attached hydrogens (tertiary/aromatic N) is 2. The highest BCUT2D eigenvalue weighted by molar-refractivity contribution is 6.33. The van der Waals surface area contributed by atoms with E-state index in [9.17, 15) is 0 Å². The Bertz CT molecular complexity index is 489. The molecule has 0 bridgehead atoms. The molecule has 0 radical (unpaired) electrons. The van der Waals surface area contributed by atoms with Gasteiger partial charge in [0.1, 0.15) is 0 Å². The fourth-order valence-electron chi connectivity index (χ4n) is 2.98. The molecule has 4 heteroatoms. The van der Waals surface area contributed by atoms with E-state index >= 15 is 0 Å². The third-order valence-electron chi connectivity index (χ3n) is 4.30. The maximum absolute atomic E-state index is 8.82. The lowest BCUT2D eigenvalue weighted by atomic mass is 9.94. The lowest BCUT2D eigenvalue weighted by Gasteiger charge is -2.31. The summed E-state index contributed by atoms with van der Waals surface area (Å²) < 4.78 is 0. The van der Waals surface area contributed by atoms with Gasteiger partial charge in [-0.3, -0.25) is 0 Å². The van der Waals surface area contributed by atoms with Crippen LogP contribution >= 0.6 is 11.6 Å². The quantitative estimate of drug-likeness (QED) is 0.797. The average Bonchev–Trinajstić information content (AvgIpc) is 2.53. The summed E-state index contributed by atoms with van der Waals surface area (Å²) in [5.74, 6) is 0. The first-order valence-electron chi connectivity index (χ1n) is 7.84. The molecule has 0 spiro atoms. The number of rotatable bonds is 6. The van der Waals surface area contributed by atoms with Crippen molar-refractivity contribution in [2.45, 2.75) is 44.6 Å². The molecule has 0 aliphatic heterocycles. The molecule has 1 aromatic carbocycles. The van der Waals surface area contributed by atoms with E-state index in [0.717, 1.165) is 31.2 Å². The third kappa shape index (κ3) is 4.91. The molecule has 21 heavy (non-hydrogen) atoms. The maximum atomic E-state index is 8.82. The van der Waals surface area contributed by atoms with E-state index in [1.165, 1.54) is 32.1 Å². The van der Waals surface area contributed by atoms with Crippen LogP contribution in [0.15, 0.2) is 18.2 Å². The number of anilines is 1. The summed E-state index contributed by atoms with van der Waals surface area (Å²) in [4.78, 5) is 2.50. The smallest absolute Gasteiger partial charge is 0.0992 e. The van der Waals surface area contributed by atoms with Gasteiger partial charge in [-0.2, -0.15) is 5.26 Å². The summed E-state index contributed by atoms with van der Waals surface area (Å²) in [5, 5.41) is 12.8. The fourth-order valence-corrected chi connectivity index (χ4v) is 3.23. The SMILES string of the molecule is CN(CCCNc1ccc(C#N)cc1Cl)C1CCCCC1. The van der Waals surface area contributed by atoms with E-state index in [1.54, 1.807) is 12.1 Å². The zero-order valence-electron chi connectivity index (χ0n) is 12.7. The molecule has 0 atom stereocenters. The molecule has 1 N–H and O–H groups in total. The number of hydrogen-bond acceptors (Lipinski definition) is 3. The molecule has 0 saturated heterocycles. The van der Waals surface area contributed by atoms with Crippen molar-refractivity contribution in [2.24, 2.45) is 0 Å². The summed E-state index contributed by atoms with van der Waals surface area (Å²) in [6.07, 6.45) is 7.98. The van der Waals surface area contributed by atoms with E-state index in [-0.39, 0.29) is 0 Å². The Hall–Kier alpha value is -1.24. The minimum Gasteiger partial charge on any atom is -0.384 e. The van der Waals surface area contributed by atoms with Gasteiger partial charge in [0.25, 0.3) is 0 Å². The second kappa shape index (κ2) is 8.26. The van der Waals surface area contributed by atoms with Crippen LogP contribution in [0.2, 0.25) is 5.02 Å². The van der Waals surface area contributed by atoms with Gasteiger partial charge in [-0.05, 0) is 51.1 Å². The summed E-state index contributed by atoms with van der Waals surface area (Å²) in [6, 6.07) is 8.25. The Morgan fingerprint density at radius 1 is 1.33 bits per heavy atom. The normalized spacial score (nSPS) is 15.9. The molecule has 0 unspecified atom stereocenters. The number of benzene rings is 1. The van der Waals surface area contributed by atoms with E-state index < -0.39 is 0 Å². The van der Waals surface area contributed by atoms with Gasteiger partial charge >= 0.3 is 0 Å². The molecule has 1 aliphatic carbocycles. The van der Waals surface area contributed by atoms with E-state index in [2.05, 4.69) is 23.3 Å².